The maximum atomic E-state index is 5.65. The molecule has 3 rings (SSSR count). The van der Waals surface area contributed by atoms with Crippen LogP contribution in [0.15, 0.2) is 30.3 Å². The lowest BCUT2D eigenvalue weighted by Crippen LogP contribution is -2.58. The zero-order chi connectivity index (χ0) is 12.4. The molecule has 0 saturated carbocycles. The molecule has 2 fully saturated rings. The molecule has 2 aliphatic rings. The van der Waals surface area contributed by atoms with Gasteiger partial charge in [-0.05, 0) is 25.5 Å². The molecule has 3 heteroatoms. The van der Waals surface area contributed by atoms with E-state index < -0.39 is 0 Å². The van der Waals surface area contributed by atoms with Crippen LogP contribution in [0.25, 0.3) is 0 Å². The van der Waals surface area contributed by atoms with Gasteiger partial charge in [0, 0.05) is 24.7 Å². The Balaban J connectivity index is 1.55. The first kappa shape index (κ1) is 12.2. The number of nitrogens with zero attached hydrogens (tertiary/aromatic N) is 1. The lowest BCUT2D eigenvalue weighted by Gasteiger charge is -2.46. The number of morpholine rings is 1. The van der Waals surface area contributed by atoms with Crippen LogP contribution in [-0.4, -0.2) is 43.3 Å². The number of nitrogens with one attached hydrogen (secondary N) is 1. The van der Waals surface area contributed by atoms with Crippen LogP contribution in [-0.2, 0) is 11.3 Å². The highest BCUT2D eigenvalue weighted by Crippen LogP contribution is 2.26. The van der Waals surface area contributed by atoms with E-state index in [1.54, 1.807) is 0 Å². The lowest BCUT2D eigenvalue weighted by atomic mass is 9.90. The first-order valence-corrected chi connectivity index (χ1v) is 6.90. The third kappa shape index (κ3) is 2.58. The Morgan fingerprint density at radius 1 is 1.17 bits per heavy atom. The first-order valence-electron chi connectivity index (χ1n) is 6.90. The van der Waals surface area contributed by atoms with E-state index >= 15 is 0 Å². The number of ether oxygens (including phenoxy) is 1. The summed E-state index contributed by atoms with van der Waals surface area (Å²) in [4.78, 5) is 2.50. The summed E-state index contributed by atoms with van der Waals surface area (Å²) in [6, 6.07) is 12.5. The molecule has 98 valence electrons. The smallest absolute Gasteiger partial charge is 0.0623 e. The molecule has 2 atom stereocenters. The molecule has 2 heterocycles. The molecule has 0 aliphatic carbocycles. The molecule has 0 amide bonds. The molecule has 0 radical (unpaired) electrons. The van der Waals surface area contributed by atoms with Crippen molar-refractivity contribution in [1.82, 2.24) is 10.2 Å². The summed E-state index contributed by atoms with van der Waals surface area (Å²) in [5.41, 5.74) is 1.37. The highest BCUT2D eigenvalue weighted by Gasteiger charge is 2.36. The molecule has 1 aromatic rings. The Morgan fingerprint density at radius 3 is 2.50 bits per heavy atom. The van der Waals surface area contributed by atoms with Gasteiger partial charge in [0.1, 0.15) is 0 Å². The Bertz CT molecular complexity index is 367. The van der Waals surface area contributed by atoms with Crippen molar-refractivity contribution < 1.29 is 4.74 Å². The number of hydrogen-bond acceptors (Lipinski definition) is 3. The topological polar surface area (TPSA) is 24.5 Å². The Labute approximate surface area is 109 Å². The summed E-state index contributed by atoms with van der Waals surface area (Å²) in [7, 11) is 2.24. The molecular weight excluding hydrogens is 224 g/mol. The van der Waals surface area contributed by atoms with Crippen molar-refractivity contribution in [3.8, 4) is 0 Å². The fourth-order valence-corrected chi connectivity index (χ4v) is 3.12. The molecule has 2 saturated heterocycles. The van der Waals surface area contributed by atoms with E-state index in [2.05, 4.69) is 47.6 Å². The largest absolute Gasteiger partial charge is 0.378 e. The predicted octanol–water partition coefficient (Wildman–Crippen LogP) is 1.64. The Kier molecular flexibility index (Phi) is 3.64. The van der Waals surface area contributed by atoms with Gasteiger partial charge in [0.2, 0.25) is 0 Å². The molecule has 2 bridgehead atoms. The van der Waals surface area contributed by atoms with Gasteiger partial charge >= 0.3 is 0 Å². The maximum Gasteiger partial charge on any atom is 0.0623 e. The number of fused-ring (bicyclic) bond motifs is 2. The Morgan fingerprint density at radius 2 is 1.83 bits per heavy atom. The van der Waals surface area contributed by atoms with Crippen molar-refractivity contribution in [2.24, 2.45) is 0 Å². The van der Waals surface area contributed by atoms with Crippen LogP contribution < -0.4 is 5.32 Å². The van der Waals surface area contributed by atoms with Crippen LogP contribution in [0, 0.1) is 0 Å². The average molecular weight is 246 g/mol. The van der Waals surface area contributed by atoms with Gasteiger partial charge in [-0.2, -0.15) is 0 Å². The third-order valence-electron chi connectivity index (χ3n) is 4.32. The van der Waals surface area contributed by atoms with Crippen LogP contribution in [0.1, 0.15) is 18.4 Å². The fraction of sp³-hybridized carbons (Fsp3) is 0.600. The van der Waals surface area contributed by atoms with E-state index in [0.717, 1.165) is 19.8 Å². The predicted molar refractivity (Wildman–Crippen MR) is 72.5 cm³/mol. The number of benzene rings is 1. The van der Waals surface area contributed by atoms with Crippen LogP contribution in [0.3, 0.4) is 0 Å². The molecule has 0 spiro atoms. The lowest BCUT2D eigenvalue weighted by molar-refractivity contribution is -0.0680. The minimum absolute atomic E-state index is 0.603. The van der Waals surface area contributed by atoms with Gasteiger partial charge in [0.05, 0.1) is 13.2 Å². The van der Waals surface area contributed by atoms with E-state index in [-0.39, 0.29) is 0 Å². The first-order chi connectivity index (χ1) is 8.83. The quantitative estimate of drug-likeness (QED) is 0.877. The number of hydrogen-bond donors (Lipinski definition) is 1. The van der Waals surface area contributed by atoms with Gasteiger partial charge in [-0.1, -0.05) is 30.3 Å². The second-order valence-corrected chi connectivity index (χ2v) is 5.55. The van der Waals surface area contributed by atoms with Crippen LogP contribution in [0.4, 0.5) is 0 Å². The van der Waals surface area contributed by atoms with E-state index in [9.17, 15) is 0 Å². The van der Waals surface area contributed by atoms with Gasteiger partial charge in [-0.25, -0.2) is 0 Å². The molecule has 18 heavy (non-hydrogen) atoms. The van der Waals surface area contributed by atoms with Gasteiger partial charge in [0.25, 0.3) is 0 Å². The molecule has 3 nitrogen and oxygen atoms in total. The van der Waals surface area contributed by atoms with E-state index in [0.29, 0.717) is 18.1 Å². The van der Waals surface area contributed by atoms with E-state index in [4.69, 9.17) is 4.74 Å². The summed E-state index contributed by atoms with van der Waals surface area (Å²) in [5.74, 6) is 0. The second kappa shape index (κ2) is 5.39. The minimum Gasteiger partial charge on any atom is -0.378 e. The molecule has 1 aromatic carbocycles. The highest BCUT2D eigenvalue weighted by molar-refractivity contribution is 5.14. The molecule has 2 aliphatic heterocycles. The molecule has 0 aromatic heterocycles. The normalized spacial score (nSPS) is 32.4. The molecular formula is C15H22N2O. The van der Waals surface area contributed by atoms with Gasteiger partial charge in [0.15, 0.2) is 0 Å². The summed E-state index contributed by atoms with van der Waals surface area (Å²) in [6.07, 6.45) is 2.42. The SMILES string of the molecule is CN1C2COCC1CC(NCc1ccccc1)C2. The number of piperidine rings is 1. The monoisotopic (exact) mass is 246 g/mol. The average Bonchev–Trinajstić information content (AvgIpc) is 2.38. The molecule has 1 N–H and O–H groups in total. The number of likely N-dealkylation sites (N-methyl/N-ethyl adjacent to an activating group) is 1. The van der Waals surface area contributed by atoms with Crippen LogP contribution >= 0.6 is 0 Å². The zero-order valence-electron chi connectivity index (χ0n) is 11.0. The maximum absolute atomic E-state index is 5.65. The van der Waals surface area contributed by atoms with Crippen LogP contribution in [0.5, 0.6) is 0 Å². The van der Waals surface area contributed by atoms with Gasteiger partial charge in [-0.15, -0.1) is 0 Å². The van der Waals surface area contributed by atoms with Crippen molar-refractivity contribution >= 4 is 0 Å². The van der Waals surface area contributed by atoms with Crippen molar-refractivity contribution in [2.45, 2.75) is 37.5 Å². The van der Waals surface area contributed by atoms with Crippen LogP contribution in [0.2, 0.25) is 0 Å². The van der Waals surface area contributed by atoms with E-state index in [1.165, 1.54) is 18.4 Å². The van der Waals surface area contributed by atoms with Crippen molar-refractivity contribution in [1.29, 1.82) is 0 Å². The molecule has 2 unspecified atom stereocenters. The summed E-state index contributed by atoms with van der Waals surface area (Å²) in [6.45, 7) is 2.78. The Hall–Kier alpha value is -0.900. The van der Waals surface area contributed by atoms with Crippen molar-refractivity contribution in [3.63, 3.8) is 0 Å². The summed E-state index contributed by atoms with van der Waals surface area (Å²) < 4.78 is 5.65. The summed E-state index contributed by atoms with van der Waals surface area (Å²) in [5, 5.41) is 3.70. The third-order valence-corrected chi connectivity index (χ3v) is 4.32. The van der Waals surface area contributed by atoms with Gasteiger partial charge in [-0.3, -0.25) is 4.90 Å². The number of rotatable bonds is 3. The highest BCUT2D eigenvalue weighted by atomic mass is 16.5. The van der Waals surface area contributed by atoms with Crippen molar-refractivity contribution in [3.05, 3.63) is 35.9 Å². The van der Waals surface area contributed by atoms with Gasteiger partial charge < -0.3 is 10.1 Å². The minimum atomic E-state index is 0.603. The standard InChI is InChI=1S/C15H22N2O/c1-17-14-7-13(8-15(17)11-18-10-14)16-9-12-5-3-2-4-6-12/h2-6,13-16H,7-11H2,1H3. The van der Waals surface area contributed by atoms with Crippen molar-refractivity contribution in [2.75, 3.05) is 20.3 Å². The van der Waals surface area contributed by atoms with E-state index in [1.807, 2.05) is 0 Å². The summed E-state index contributed by atoms with van der Waals surface area (Å²) >= 11 is 0. The fourth-order valence-electron chi connectivity index (χ4n) is 3.12. The second-order valence-electron chi connectivity index (χ2n) is 5.55. The zero-order valence-corrected chi connectivity index (χ0v) is 11.0.